The Hall–Kier alpha value is -1.56. The van der Waals surface area contributed by atoms with E-state index >= 15 is 0 Å². The minimum Gasteiger partial charge on any atom is -0.338 e. The maximum absolute atomic E-state index is 12.7. The van der Waals surface area contributed by atoms with Crippen LogP contribution in [0, 0.1) is 5.92 Å². The summed E-state index contributed by atoms with van der Waals surface area (Å²) in [6.45, 7) is 7.29. The van der Waals surface area contributed by atoms with Crippen molar-refractivity contribution in [3.63, 3.8) is 0 Å². The van der Waals surface area contributed by atoms with Crippen molar-refractivity contribution in [3.05, 3.63) is 21.4 Å². The Morgan fingerprint density at radius 3 is 2.65 bits per heavy atom. The van der Waals surface area contributed by atoms with Crippen molar-refractivity contribution in [3.8, 4) is 0 Å². The predicted molar refractivity (Wildman–Crippen MR) is 92.1 cm³/mol. The standard InChI is InChI=1S/C17H25N3O2S/c1-3-18-17(22)20-8-6-19(7-9-20)16(21)15-11-13-10-12(2)4-5-14(13)23-15/h11-12H,3-10H2,1-2H3,(H,18,22). The van der Waals surface area contributed by atoms with E-state index in [4.69, 9.17) is 0 Å². The first-order chi connectivity index (χ1) is 11.1. The minimum absolute atomic E-state index is 0.0276. The quantitative estimate of drug-likeness (QED) is 0.902. The first kappa shape index (κ1) is 16.3. The van der Waals surface area contributed by atoms with Crippen LogP contribution in [0.1, 0.15) is 40.4 Å². The third kappa shape index (κ3) is 3.52. The zero-order chi connectivity index (χ0) is 16.4. The molecule has 1 fully saturated rings. The number of rotatable bonds is 2. The summed E-state index contributed by atoms with van der Waals surface area (Å²) in [6, 6.07) is 2.08. The molecule has 2 aliphatic rings. The minimum atomic E-state index is -0.0276. The number of carbonyl (C=O) groups excluding carboxylic acids is 2. The monoisotopic (exact) mass is 335 g/mol. The van der Waals surface area contributed by atoms with Gasteiger partial charge in [0.2, 0.25) is 0 Å². The highest BCUT2D eigenvalue weighted by atomic mass is 32.1. The van der Waals surface area contributed by atoms with E-state index in [1.165, 1.54) is 16.9 Å². The number of fused-ring (bicyclic) bond motifs is 1. The summed E-state index contributed by atoms with van der Waals surface area (Å²) in [5.74, 6) is 0.855. The maximum atomic E-state index is 12.7. The van der Waals surface area contributed by atoms with E-state index in [9.17, 15) is 9.59 Å². The summed E-state index contributed by atoms with van der Waals surface area (Å²) in [4.78, 5) is 30.5. The molecule has 0 bridgehead atoms. The molecule has 1 saturated heterocycles. The van der Waals surface area contributed by atoms with Crippen molar-refractivity contribution in [2.75, 3.05) is 32.7 Å². The number of nitrogens with one attached hydrogen (secondary N) is 1. The van der Waals surface area contributed by atoms with Crippen LogP contribution in [0.2, 0.25) is 0 Å². The SMILES string of the molecule is CCNC(=O)N1CCN(C(=O)c2cc3c(s2)CCC(C)C3)CC1. The molecule has 1 aromatic rings. The molecule has 0 saturated carbocycles. The van der Waals surface area contributed by atoms with Crippen LogP contribution in [-0.2, 0) is 12.8 Å². The lowest BCUT2D eigenvalue weighted by Crippen LogP contribution is -2.53. The second-order valence-electron chi connectivity index (χ2n) is 6.52. The molecule has 0 radical (unpaired) electrons. The van der Waals surface area contributed by atoms with Gasteiger partial charge < -0.3 is 15.1 Å². The van der Waals surface area contributed by atoms with E-state index in [1.54, 1.807) is 16.2 Å². The fraction of sp³-hybridized carbons (Fsp3) is 0.647. The number of urea groups is 1. The Bertz CT molecular complexity index is 591. The molecule has 1 atom stereocenters. The smallest absolute Gasteiger partial charge is 0.317 e. The molecular weight excluding hydrogens is 310 g/mol. The van der Waals surface area contributed by atoms with Gasteiger partial charge in [0.25, 0.3) is 5.91 Å². The van der Waals surface area contributed by atoms with E-state index in [0.29, 0.717) is 32.7 Å². The van der Waals surface area contributed by atoms with Crippen molar-refractivity contribution in [2.45, 2.75) is 33.1 Å². The van der Waals surface area contributed by atoms with E-state index in [2.05, 4.69) is 18.3 Å². The van der Waals surface area contributed by atoms with Gasteiger partial charge in [0.05, 0.1) is 4.88 Å². The Labute approximate surface area is 141 Å². The lowest BCUT2D eigenvalue weighted by molar-refractivity contribution is 0.0670. The van der Waals surface area contributed by atoms with Crippen LogP contribution >= 0.6 is 11.3 Å². The molecule has 6 heteroatoms. The first-order valence-electron chi connectivity index (χ1n) is 8.52. The van der Waals surface area contributed by atoms with E-state index < -0.39 is 0 Å². The molecule has 3 amide bonds. The molecule has 3 rings (SSSR count). The van der Waals surface area contributed by atoms with Crippen LogP contribution in [0.4, 0.5) is 4.79 Å². The van der Waals surface area contributed by atoms with E-state index in [-0.39, 0.29) is 11.9 Å². The Morgan fingerprint density at radius 1 is 1.26 bits per heavy atom. The zero-order valence-corrected chi connectivity index (χ0v) is 14.7. The molecule has 0 aromatic carbocycles. The van der Waals surface area contributed by atoms with Crippen LogP contribution in [0.25, 0.3) is 0 Å². The number of nitrogens with zero attached hydrogens (tertiary/aromatic N) is 2. The lowest BCUT2D eigenvalue weighted by atomic mass is 9.90. The second kappa shape index (κ2) is 6.91. The zero-order valence-electron chi connectivity index (χ0n) is 13.9. The van der Waals surface area contributed by atoms with Gasteiger partial charge >= 0.3 is 6.03 Å². The summed E-state index contributed by atoms with van der Waals surface area (Å²) < 4.78 is 0. The average Bonchev–Trinajstić information content (AvgIpc) is 2.97. The second-order valence-corrected chi connectivity index (χ2v) is 7.66. The average molecular weight is 335 g/mol. The van der Waals surface area contributed by atoms with Crippen LogP contribution in [0.3, 0.4) is 0 Å². The van der Waals surface area contributed by atoms with Crippen molar-refractivity contribution in [1.29, 1.82) is 0 Å². The normalized spacial score (nSPS) is 21.0. The van der Waals surface area contributed by atoms with Crippen molar-refractivity contribution in [1.82, 2.24) is 15.1 Å². The number of amides is 3. The summed E-state index contributed by atoms with van der Waals surface area (Å²) in [6.07, 6.45) is 3.44. The van der Waals surface area contributed by atoms with Crippen molar-refractivity contribution < 1.29 is 9.59 Å². The fourth-order valence-electron chi connectivity index (χ4n) is 3.34. The molecule has 5 nitrogen and oxygen atoms in total. The van der Waals surface area contributed by atoms with Crippen LogP contribution in [0.15, 0.2) is 6.07 Å². The molecule has 23 heavy (non-hydrogen) atoms. The van der Waals surface area contributed by atoms with Gasteiger partial charge in [-0.15, -0.1) is 11.3 Å². The highest BCUT2D eigenvalue weighted by Crippen LogP contribution is 2.32. The first-order valence-corrected chi connectivity index (χ1v) is 9.33. The predicted octanol–water partition coefficient (Wildman–Crippen LogP) is 2.36. The highest BCUT2D eigenvalue weighted by Gasteiger charge is 2.27. The van der Waals surface area contributed by atoms with Gasteiger partial charge in [-0.2, -0.15) is 0 Å². The van der Waals surface area contributed by atoms with Gasteiger partial charge in [-0.25, -0.2) is 4.79 Å². The van der Waals surface area contributed by atoms with Gasteiger partial charge in [-0.05, 0) is 43.7 Å². The molecule has 2 heterocycles. The summed E-state index contributed by atoms with van der Waals surface area (Å²) in [7, 11) is 0. The fourth-order valence-corrected chi connectivity index (χ4v) is 4.52. The maximum Gasteiger partial charge on any atom is 0.317 e. The molecule has 1 N–H and O–H groups in total. The number of thiophene rings is 1. The van der Waals surface area contributed by atoms with Crippen molar-refractivity contribution in [2.24, 2.45) is 5.92 Å². The van der Waals surface area contributed by atoms with Crippen molar-refractivity contribution >= 4 is 23.3 Å². The largest absolute Gasteiger partial charge is 0.338 e. The van der Waals surface area contributed by atoms with E-state index in [1.807, 2.05) is 11.8 Å². The topological polar surface area (TPSA) is 52.7 Å². The van der Waals surface area contributed by atoms with Gasteiger partial charge in [0.1, 0.15) is 0 Å². The summed E-state index contributed by atoms with van der Waals surface area (Å²) >= 11 is 1.67. The molecule has 1 aliphatic heterocycles. The third-order valence-electron chi connectivity index (χ3n) is 4.72. The summed E-state index contributed by atoms with van der Waals surface area (Å²) in [5.41, 5.74) is 1.37. The number of hydrogen-bond acceptors (Lipinski definition) is 3. The molecule has 1 aliphatic carbocycles. The third-order valence-corrected chi connectivity index (χ3v) is 5.95. The molecule has 1 aromatic heterocycles. The number of aryl methyl sites for hydroxylation is 1. The molecular formula is C17H25N3O2S. The Morgan fingerprint density at radius 2 is 1.96 bits per heavy atom. The number of hydrogen-bond donors (Lipinski definition) is 1. The lowest BCUT2D eigenvalue weighted by Gasteiger charge is -2.34. The van der Waals surface area contributed by atoms with Crippen LogP contribution < -0.4 is 5.32 Å². The van der Waals surface area contributed by atoms with Gasteiger partial charge in [-0.3, -0.25) is 4.79 Å². The number of carbonyl (C=O) groups is 2. The molecule has 0 spiro atoms. The highest BCUT2D eigenvalue weighted by molar-refractivity contribution is 7.14. The molecule has 126 valence electrons. The summed E-state index contributed by atoms with van der Waals surface area (Å²) in [5, 5.41) is 2.81. The van der Waals surface area contributed by atoms with Crippen LogP contribution in [-0.4, -0.2) is 54.5 Å². The molecule has 1 unspecified atom stereocenters. The van der Waals surface area contributed by atoms with Gasteiger partial charge in [0.15, 0.2) is 0 Å². The van der Waals surface area contributed by atoms with E-state index in [0.717, 1.165) is 23.6 Å². The van der Waals surface area contributed by atoms with Gasteiger partial charge in [0, 0.05) is 37.6 Å². The Balaban J connectivity index is 1.61. The van der Waals surface area contributed by atoms with Gasteiger partial charge in [-0.1, -0.05) is 6.92 Å². The number of piperazine rings is 1. The Kier molecular flexibility index (Phi) is 4.90. The van der Waals surface area contributed by atoms with Crippen LogP contribution in [0.5, 0.6) is 0 Å².